The van der Waals surface area contributed by atoms with Crippen LogP contribution in [0.25, 0.3) is 0 Å². The Morgan fingerprint density at radius 3 is 2.81 bits per heavy atom. The lowest BCUT2D eigenvalue weighted by molar-refractivity contribution is 0.371. The van der Waals surface area contributed by atoms with Crippen molar-refractivity contribution in [2.45, 2.75) is 20.0 Å². The number of ether oxygens (including phenoxy) is 1. The quantitative estimate of drug-likeness (QED) is 0.891. The number of hydrogen-bond acceptors (Lipinski definition) is 4. The molecule has 0 unspecified atom stereocenters. The summed E-state index contributed by atoms with van der Waals surface area (Å²) in [5.41, 5.74) is 1.36. The summed E-state index contributed by atoms with van der Waals surface area (Å²) in [6.07, 6.45) is 1.74. The van der Waals surface area contributed by atoms with Crippen molar-refractivity contribution in [1.82, 2.24) is 4.57 Å². The number of pyridine rings is 1. The van der Waals surface area contributed by atoms with Crippen molar-refractivity contribution in [2.75, 3.05) is 12.4 Å². The van der Waals surface area contributed by atoms with Gasteiger partial charge < -0.3 is 19.7 Å². The van der Waals surface area contributed by atoms with Gasteiger partial charge in [0.15, 0.2) is 11.5 Å². The molecule has 0 radical (unpaired) electrons. The first-order valence-electron chi connectivity index (χ1n) is 6.55. The van der Waals surface area contributed by atoms with Gasteiger partial charge in [0.25, 0.3) is 5.56 Å². The maximum absolute atomic E-state index is 11.5. The number of benzene rings is 1. The molecule has 2 rings (SSSR count). The van der Waals surface area contributed by atoms with Crippen molar-refractivity contribution in [3.63, 3.8) is 0 Å². The highest BCUT2D eigenvalue weighted by Crippen LogP contribution is 2.33. The SMILES string of the molecule is CCn1cc(NCc2cc(Cl)cc(OC)c2O)ccc1=O. The summed E-state index contributed by atoms with van der Waals surface area (Å²) in [4.78, 5) is 11.5. The Morgan fingerprint density at radius 1 is 1.38 bits per heavy atom. The van der Waals surface area contributed by atoms with Crippen LogP contribution in [0.15, 0.2) is 35.3 Å². The molecule has 21 heavy (non-hydrogen) atoms. The topological polar surface area (TPSA) is 63.5 Å². The van der Waals surface area contributed by atoms with Gasteiger partial charge in [-0.25, -0.2) is 0 Å². The van der Waals surface area contributed by atoms with Crippen LogP contribution in [0.1, 0.15) is 12.5 Å². The molecule has 1 aromatic heterocycles. The van der Waals surface area contributed by atoms with E-state index in [9.17, 15) is 9.90 Å². The lowest BCUT2D eigenvalue weighted by atomic mass is 10.2. The second kappa shape index (κ2) is 6.54. The van der Waals surface area contributed by atoms with E-state index in [1.165, 1.54) is 13.2 Å². The van der Waals surface area contributed by atoms with Gasteiger partial charge in [0, 0.05) is 42.0 Å². The van der Waals surface area contributed by atoms with E-state index < -0.39 is 0 Å². The summed E-state index contributed by atoms with van der Waals surface area (Å²) in [5.74, 6) is 0.385. The molecule has 0 fully saturated rings. The standard InChI is InChI=1S/C15H17ClN2O3/c1-3-18-9-12(4-5-14(18)19)17-8-10-6-11(16)7-13(21-2)15(10)20/h4-7,9,17,20H,3,8H2,1-2H3. The number of aromatic nitrogens is 1. The molecule has 2 aromatic rings. The smallest absolute Gasteiger partial charge is 0.250 e. The fraction of sp³-hybridized carbons (Fsp3) is 0.267. The molecule has 0 aliphatic carbocycles. The zero-order chi connectivity index (χ0) is 15.4. The number of methoxy groups -OCH3 is 1. The number of rotatable bonds is 5. The molecule has 0 saturated heterocycles. The Kier molecular flexibility index (Phi) is 4.75. The average molecular weight is 309 g/mol. The second-order valence-corrected chi connectivity index (χ2v) is 4.95. The Bertz CT molecular complexity index is 698. The first-order chi connectivity index (χ1) is 10.0. The normalized spacial score (nSPS) is 10.4. The Hall–Kier alpha value is -2.14. The maximum Gasteiger partial charge on any atom is 0.250 e. The molecule has 2 N–H and O–H groups in total. The lowest BCUT2D eigenvalue weighted by Gasteiger charge is -2.12. The third-order valence-electron chi connectivity index (χ3n) is 3.15. The highest BCUT2D eigenvalue weighted by Gasteiger charge is 2.10. The highest BCUT2D eigenvalue weighted by atomic mass is 35.5. The van der Waals surface area contributed by atoms with Crippen molar-refractivity contribution in [1.29, 1.82) is 0 Å². The number of aryl methyl sites for hydroxylation is 1. The van der Waals surface area contributed by atoms with Gasteiger partial charge in [0.2, 0.25) is 0 Å². The van der Waals surface area contributed by atoms with Crippen LogP contribution < -0.4 is 15.6 Å². The van der Waals surface area contributed by atoms with E-state index in [4.69, 9.17) is 16.3 Å². The Labute approximate surface area is 127 Å². The van der Waals surface area contributed by atoms with Gasteiger partial charge in [-0.2, -0.15) is 0 Å². The highest BCUT2D eigenvalue weighted by molar-refractivity contribution is 6.30. The van der Waals surface area contributed by atoms with Crippen molar-refractivity contribution in [3.8, 4) is 11.5 Å². The molecule has 0 saturated carbocycles. The average Bonchev–Trinajstić information content (AvgIpc) is 2.49. The predicted molar refractivity (Wildman–Crippen MR) is 83.4 cm³/mol. The minimum atomic E-state index is -0.0460. The van der Waals surface area contributed by atoms with E-state index >= 15 is 0 Å². The summed E-state index contributed by atoms with van der Waals surface area (Å²) >= 11 is 5.99. The van der Waals surface area contributed by atoms with Crippen LogP contribution in [0.4, 0.5) is 5.69 Å². The molecule has 0 bridgehead atoms. The third-order valence-corrected chi connectivity index (χ3v) is 3.36. The van der Waals surface area contributed by atoms with E-state index in [-0.39, 0.29) is 11.3 Å². The van der Waals surface area contributed by atoms with Gasteiger partial charge in [-0.3, -0.25) is 4.79 Å². The van der Waals surface area contributed by atoms with Gasteiger partial charge in [-0.1, -0.05) is 11.6 Å². The van der Waals surface area contributed by atoms with E-state index in [1.54, 1.807) is 29.0 Å². The number of phenolic OH excluding ortho intramolecular Hbond substituents is 1. The van der Waals surface area contributed by atoms with E-state index in [1.807, 2.05) is 6.92 Å². The van der Waals surface area contributed by atoms with Crippen LogP contribution in [-0.2, 0) is 13.1 Å². The van der Waals surface area contributed by atoms with Gasteiger partial charge in [0.1, 0.15) is 0 Å². The summed E-state index contributed by atoms with van der Waals surface area (Å²) in [5, 5.41) is 13.7. The van der Waals surface area contributed by atoms with Crippen LogP contribution in [0.2, 0.25) is 5.02 Å². The molecule has 0 aliphatic heterocycles. The number of aromatic hydroxyl groups is 1. The van der Waals surface area contributed by atoms with Gasteiger partial charge in [-0.05, 0) is 19.1 Å². The molecule has 0 atom stereocenters. The number of anilines is 1. The molecule has 0 aliphatic rings. The van der Waals surface area contributed by atoms with Gasteiger partial charge in [0.05, 0.1) is 12.8 Å². The molecular weight excluding hydrogens is 292 g/mol. The molecule has 1 heterocycles. The molecule has 1 aromatic carbocycles. The minimum Gasteiger partial charge on any atom is -0.504 e. The molecule has 6 heteroatoms. The van der Waals surface area contributed by atoms with Crippen molar-refractivity contribution < 1.29 is 9.84 Å². The molecule has 0 spiro atoms. The number of nitrogens with one attached hydrogen (secondary N) is 1. The maximum atomic E-state index is 11.5. The van der Waals surface area contributed by atoms with E-state index in [0.717, 1.165) is 5.69 Å². The zero-order valence-electron chi connectivity index (χ0n) is 11.9. The largest absolute Gasteiger partial charge is 0.504 e. The van der Waals surface area contributed by atoms with E-state index in [2.05, 4.69) is 5.32 Å². The predicted octanol–water partition coefficient (Wildman–Crippen LogP) is 2.85. The summed E-state index contributed by atoms with van der Waals surface area (Å²) in [6.45, 7) is 2.87. The number of halogens is 1. The summed E-state index contributed by atoms with van der Waals surface area (Å²) < 4.78 is 6.66. The lowest BCUT2D eigenvalue weighted by Crippen LogP contribution is -2.17. The van der Waals surface area contributed by atoms with Gasteiger partial charge in [-0.15, -0.1) is 0 Å². The molecule has 112 valence electrons. The number of nitrogens with zero attached hydrogens (tertiary/aromatic N) is 1. The fourth-order valence-electron chi connectivity index (χ4n) is 2.00. The van der Waals surface area contributed by atoms with E-state index in [0.29, 0.717) is 29.4 Å². The number of phenols is 1. The Balaban J connectivity index is 2.20. The second-order valence-electron chi connectivity index (χ2n) is 4.51. The first kappa shape index (κ1) is 15.3. The van der Waals surface area contributed by atoms with Crippen LogP contribution in [0, 0.1) is 0 Å². The number of hydrogen-bond donors (Lipinski definition) is 2. The first-order valence-corrected chi connectivity index (χ1v) is 6.92. The van der Waals surface area contributed by atoms with Crippen LogP contribution in [0.5, 0.6) is 11.5 Å². The monoisotopic (exact) mass is 308 g/mol. The van der Waals surface area contributed by atoms with Gasteiger partial charge >= 0.3 is 0 Å². The third kappa shape index (κ3) is 3.49. The van der Waals surface area contributed by atoms with Crippen LogP contribution >= 0.6 is 11.6 Å². The van der Waals surface area contributed by atoms with Crippen molar-refractivity contribution >= 4 is 17.3 Å². The minimum absolute atomic E-state index is 0.0460. The van der Waals surface area contributed by atoms with Crippen molar-refractivity contribution in [2.24, 2.45) is 0 Å². The molecular formula is C15H17ClN2O3. The summed E-state index contributed by atoms with van der Waals surface area (Å²) in [7, 11) is 1.47. The Morgan fingerprint density at radius 2 is 2.14 bits per heavy atom. The fourth-order valence-corrected chi connectivity index (χ4v) is 2.23. The van der Waals surface area contributed by atoms with Crippen LogP contribution in [-0.4, -0.2) is 16.8 Å². The van der Waals surface area contributed by atoms with Crippen molar-refractivity contribution in [3.05, 3.63) is 51.4 Å². The zero-order valence-corrected chi connectivity index (χ0v) is 12.6. The molecule has 0 amide bonds. The van der Waals surface area contributed by atoms with Crippen LogP contribution in [0.3, 0.4) is 0 Å². The molecule has 5 nitrogen and oxygen atoms in total. The summed E-state index contributed by atoms with van der Waals surface area (Å²) in [6, 6.07) is 6.43.